The van der Waals surface area contributed by atoms with Crippen molar-refractivity contribution in [2.45, 2.75) is 58.3 Å². The first-order valence-corrected chi connectivity index (χ1v) is 4.95. The highest BCUT2D eigenvalue weighted by atomic mass is 13.9. The van der Waals surface area contributed by atoms with Crippen LogP contribution in [-0.4, -0.2) is 0 Å². The smallest absolute Gasteiger partial charge is 0.0534 e. The van der Waals surface area contributed by atoms with E-state index in [1.165, 1.54) is 51.5 Å². The summed E-state index contributed by atoms with van der Waals surface area (Å²) in [6, 6.07) is 0. The average Bonchev–Trinajstić information content (AvgIpc) is 2.10. The van der Waals surface area contributed by atoms with E-state index in [1.807, 2.05) is 6.08 Å². The van der Waals surface area contributed by atoms with Gasteiger partial charge >= 0.3 is 0 Å². The standard InChI is InChI=1S/C11H22/c1-3-5-7-9-11-10-8-6-4-2/h3H,1,4-11H2,2H3/i1D. The molecule has 0 heterocycles. The van der Waals surface area contributed by atoms with Crippen LogP contribution >= 0.6 is 0 Å². The highest BCUT2D eigenvalue weighted by molar-refractivity contribution is 4.65. The second kappa shape index (κ2) is 9.74. The molecule has 0 rings (SSSR count). The van der Waals surface area contributed by atoms with Gasteiger partial charge in [-0.15, -0.1) is 6.55 Å². The number of rotatable bonds is 8. The van der Waals surface area contributed by atoms with Gasteiger partial charge in [-0.05, 0) is 12.8 Å². The molecular weight excluding hydrogens is 132 g/mol. The van der Waals surface area contributed by atoms with Gasteiger partial charge in [-0.3, -0.25) is 0 Å². The molecule has 0 aromatic rings. The van der Waals surface area contributed by atoms with Gasteiger partial charge in [0.05, 0.1) is 1.37 Å². The van der Waals surface area contributed by atoms with E-state index in [9.17, 15) is 0 Å². The van der Waals surface area contributed by atoms with Crippen molar-refractivity contribution in [3.8, 4) is 0 Å². The van der Waals surface area contributed by atoms with E-state index < -0.39 is 0 Å². The fourth-order valence-electron chi connectivity index (χ4n) is 1.22. The Morgan fingerprint density at radius 2 is 1.73 bits per heavy atom. The Kier molecular flexibility index (Phi) is 7.82. The van der Waals surface area contributed by atoms with Crippen LogP contribution in [0.25, 0.3) is 0 Å². The Morgan fingerprint density at radius 1 is 1.09 bits per heavy atom. The van der Waals surface area contributed by atoms with Crippen LogP contribution in [-0.2, 0) is 0 Å². The van der Waals surface area contributed by atoms with E-state index in [4.69, 9.17) is 1.37 Å². The van der Waals surface area contributed by atoms with E-state index in [0.29, 0.717) is 0 Å². The van der Waals surface area contributed by atoms with Crippen LogP contribution < -0.4 is 0 Å². The van der Waals surface area contributed by atoms with Crippen LogP contribution in [0.5, 0.6) is 0 Å². The van der Waals surface area contributed by atoms with Gasteiger partial charge < -0.3 is 0 Å². The topological polar surface area (TPSA) is 0 Å². The van der Waals surface area contributed by atoms with Gasteiger partial charge in [-0.2, -0.15) is 0 Å². The Hall–Kier alpha value is -0.260. The first-order valence-electron chi connectivity index (χ1n) is 5.53. The van der Waals surface area contributed by atoms with Crippen LogP contribution in [0.1, 0.15) is 59.7 Å². The molecule has 0 aromatic carbocycles. The highest BCUT2D eigenvalue weighted by Crippen LogP contribution is 2.07. The number of unbranched alkanes of at least 4 members (excludes halogenated alkanes) is 7. The van der Waals surface area contributed by atoms with Gasteiger partial charge in [0.1, 0.15) is 0 Å². The molecule has 0 aliphatic heterocycles. The zero-order valence-corrected chi connectivity index (χ0v) is 7.81. The van der Waals surface area contributed by atoms with Crippen molar-refractivity contribution in [2.75, 3.05) is 0 Å². The van der Waals surface area contributed by atoms with Crippen LogP contribution in [0.4, 0.5) is 0 Å². The first-order chi connectivity index (χ1) is 5.91. The fourth-order valence-corrected chi connectivity index (χ4v) is 1.22. The summed E-state index contributed by atoms with van der Waals surface area (Å²) in [6.45, 7) is 3.65. The lowest BCUT2D eigenvalue weighted by molar-refractivity contribution is 0.592. The van der Waals surface area contributed by atoms with Gasteiger partial charge in [0, 0.05) is 0 Å². The lowest BCUT2D eigenvalue weighted by Gasteiger charge is -1.98. The van der Waals surface area contributed by atoms with Crippen molar-refractivity contribution in [3.63, 3.8) is 0 Å². The fraction of sp³-hybridized carbons (Fsp3) is 0.818. The van der Waals surface area contributed by atoms with Gasteiger partial charge in [-0.25, -0.2) is 0 Å². The van der Waals surface area contributed by atoms with Crippen LogP contribution in [0.3, 0.4) is 0 Å². The maximum absolute atomic E-state index is 6.79. The van der Waals surface area contributed by atoms with E-state index >= 15 is 0 Å². The van der Waals surface area contributed by atoms with Gasteiger partial charge in [0.15, 0.2) is 0 Å². The summed E-state index contributed by atoms with van der Waals surface area (Å²) in [6.07, 6.45) is 12.6. The summed E-state index contributed by atoms with van der Waals surface area (Å²) in [5, 5.41) is 0. The molecule has 66 valence electrons. The predicted octanol–water partition coefficient (Wildman–Crippen LogP) is 4.31. The summed E-state index contributed by atoms with van der Waals surface area (Å²) in [5.74, 6) is 0. The van der Waals surface area contributed by atoms with Crippen molar-refractivity contribution in [1.82, 2.24) is 0 Å². The van der Waals surface area contributed by atoms with E-state index in [0.717, 1.165) is 6.42 Å². The molecule has 0 aliphatic carbocycles. The zero-order valence-electron chi connectivity index (χ0n) is 8.81. The van der Waals surface area contributed by atoms with E-state index in [2.05, 4.69) is 6.92 Å². The summed E-state index contributed by atoms with van der Waals surface area (Å²) in [5.41, 5.74) is 0. The Labute approximate surface area is 73.1 Å². The summed E-state index contributed by atoms with van der Waals surface area (Å²) in [4.78, 5) is 0. The van der Waals surface area contributed by atoms with Crippen LogP contribution in [0.2, 0.25) is 0 Å². The van der Waals surface area contributed by atoms with Crippen molar-refractivity contribution >= 4 is 0 Å². The molecule has 0 saturated heterocycles. The van der Waals surface area contributed by atoms with Gasteiger partial charge in [-0.1, -0.05) is 51.5 Å². The molecule has 0 atom stereocenters. The van der Waals surface area contributed by atoms with Crippen molar-refractivity contribution in [3.05, 3.63) is 12.6 Å². The minimum Gasteiger partial charge on any atom is -0.103 e. The molecule has 0 bridgehead atoms. The minimum absolute atomic E-state index is 1.09. The third kappa shape index (κ3) is 9.74. The molecule has 0 nitrogen and oxygen atoms in total. The van der Waals surface area contributed by atoms with Gasteiger partial charge in [0.2, 0.25) is 0 Å². The van der Waals surface area contributed by atoms with Crippen molar-refractivity contribution < 1.29 is 1.37 Å². The molecule has 0 aromatic heterocycles. The lowest BCUT2D eigenvalue weighted by Crippen LogP contribution is -1.78. The normalized spacial score (nSPS) is 12.3. The molecule has 0 heteroatoms. The molecule has 0 aliphatic rings. The quantitative estimate of drug-likeness (QED) is 0.362. The lowest BCUT2D eigenvalue weighted by atomic mass is 10.1. The Balaban J connectivity index is 2.81. The molecule has 0 amide bonds. The minimum atomic E-state index is 1.09. The molecule has 0 radical (unpaired) electrons. The zero-order chi connectivity index (χ0) is 9.07. The largest absolute Gasteiger partial charge is 0.103 e. The molecule has 0 spiro atoms. The van der Waals surface area contributed by atoms with Gasteiger partial charge in [0.25, 0.3) is 0 Å². The van der Waals surface area contributed by atoms with Crippen molar-refractivity contribution in [1.29, 1.82) is 0 Å². The third-order valence-electron chi connectivity index (χ3n) is 1.97. The monoisotopic (exact) mass is 155 g/mol. The average molecular weight is 155 g/mol. The Bertz CT molecular complexity index is 97.2. The summed E-state index contributed by atoms with van der Waals surface area (Å²) in [7, 11) is 0. The Morgan fingerprint density at radius 3 is 2.36 bits per heavy atom. The van der Waals surface area contributed by atoms with E-state index in [-0.39, 0.29) is 0 Å². The number of hydrogen-bond acceptors (Lipinski definition) is 0. The summed E-state index contributed by atoms with van der Waals surface area (Å²) >= 11 is 0. The molecule has 0 unspecified atom stereocenters. The van der Waals surface area contributed by atoms with Crippen molar-refractivity contribution in [2.24, 2.45) is 0 Å². The third-order valence-corrected chi connectivity index (χ3v) is 1.97. The first kappa shape index (κ1) is 8.83. The molecular formula is C11H22. The second-order valence-electron chi connectivity index (χ2n) is 3.15. The molecule has 11 heavy (non-hydrogen) atoms. The molecule has 0 N–H and O–H groups in total. The van der Waals surface area contributed by atoms with Crippen LogP contribution in [0.15, 0.2) is 12.6 Å². The second-order valence-corrected chi connectivity index (χ2v) is 3.15. The van der Waals surface area contributed by atoms with E-state index in [1.54, 1.807) is 0 Å². The molecule has 0 fully saturated rings. The van der Waals surface area contributed by atoms with Crippen LogP contribution in [0, 0.1) is 0 Å². The predicted molar refractivity (Wildman–Crippen MR) is 52.8 cm³/mol. The SMILES string of the molecule is [2H]C=CCCCCCCCCC. The maximum Gasteiger partial charge on any atom is 0.0534 e. The molecule has 0 saturated carbocycles. The summed E-state index contributed by atoms with van der Waals surface area (Å²) < 4.78 is 6.79. The highest BCUT2D eigenvalue weighted by Gasteiger charge is 1.88. The number of allylic oxidation sites excluding steroid dienone is 1. The number of hydrogen-bond donors (Lipinski definition) is 0. The maximum atomic E-state index is 6.79.